The lowest BCUT2D eigenvalue weighted by Gasteiger charge is -2.38. The van der Waals surface area contributed by atoms with Gasteiger partial charge in [0.25, 0.3) is 0 Å². The van der Waals surface area contributed by atoms with Gasteiger partial charge in [-0.05, 0) is 19.3 Å². The molecule has 0 amide bonds. The van der Waals surface area contributed by atoms with E-state index in [9.17, 15) is 4.79 Å². The molecule has 1 aromatic rings. The summed E-state index contributed by atoms with van der Waals surface area (Å²) in [6.45, 7) is 0. The van der Waals surface area contributed by atoms with Crippen LogP contribution in [0.1, 0.15) is 25.1 Å². The predicted molar refractivity (Wildman–Crippen MR) is 53.3 cm³/mol. The molecule has 0 bridgehead atoms. The summed E-state index contributed by atoms with van der Waals surface area (Å²) in [6, 6.07) is 0. The van der Waals surface area contributed by atoms with Crippen LogP contribution in [0.15, 0.2) is 6.33 Å². The lowest BCUT2D eigenvalue weighted by Crippen LogP contribution is -2.48. The maximum absolute atomic E-state index is 12.0. The highest BCUT2D eigenvalue weighted by Crippen LogP contribution is 2.36. The first-order valence-electron chi connectivity index (χ1n) is 5.09. The summed E-state index contributed by atoms with van der Waals surface area (Å²) in [6.07, 6.45) is 4.51. The molecule has 0 unspecified atom stereocenters. The number of hydrogen-bond acceptors (Lipinski definition) is 4. The van der Waals surface area contributed by atoms with Crippen molar-refractivity contribution in [1.82, 2.24) is 14.8 Å². The maximum atomic E-state index is 12.0. The lowest BCUT2D eigenvalue weighted by atomic mass is 9.76. The molecule has 82 valence electrons. The molecule has 5 heteroatoms. The summed E-state index contributed by atoms with van der Waals surface area (Å²) in [5.74, 6) is 0.815. The Morgan fingerprint density at radius 3 is 2.80 bits per heavy atom. The van der Waals surface area contributed by atoms with Gasteiger partial charge in [-0.15, -0.1) is 0 Å². The molecule has 1 aromatic heterocycles. The van der Waals surface area contributed by atoms with Crippen LogP contribution in [-0.2, 0) is 23.0 Å². The number of ketones is 1. The van der Waals surface area contributed by atoms with E-state index in [4.69, 9.17) is 4.74 Å². The Morgan fingerprint density at radius 1 is 1.67 bits per heavy atom. The first kappa shape index (κ1) is 10.3. The van der Waals surface area contributed by atoms with Crippen LogP contribution in [0.25, 0.3) is 0 Å². The van der Waals surface area contributed by atoms with Gasteiger partial charge >= 0.3 is 0 Å². The van der Waals surface area contributed by atoms with Gasteiger partial charge in [0.2, 0.25) is 0 Å². The molecule has 0 aliphatic heterocycles. The van der Waals surface area contributed by atoms with Crippen LogP contribution in [0, 0.1) is 0 Å². The van der Waals surface area contributed by atoms with E-state index < -0.39 is 5.60 Å². The summed E-state index contributed by atoms with van der Waals surface area (Å²) >= 11 is 0. The van der Waals surface area contributed by atoms with Crippen LogP contribution in [0.4, 0.5) is 0 Å². The summed E-state index contributed by atoms with van der Waals surface area (Å²) < 4.78 is 6.94. The Hall–Kier alpha value is -1.23. The van der Waals surface area contributed by atoms with E-state index in [0.29, 0.717) is 12.2 Å². The van der Waals surface area contributed by atoms with Crippen molar-refractivity contribution in [3.8, 4) is 0 Å². The molecular formula is C10H15N3O2. The standard InChI is InChI=1S/C10H15N3O2/c1-13-9(11-7-12-13)6-8(14)10(15-2)4-3-5-10/h7H,3-6H2,1-2H3. The van der Waals surface area contributed by atoms with Crippen LogP contribution >= 0.6 is 0 Å². The molecule has 1 fully saturated rings. The van der Waals surface area contributed by atoms with Crippen molar-refractivity contribution in [2.75, 3.05) is 7.11 Å². The number of nitrogens with zero attached hydrogens (tertiary/aromatic N) is 3. The minimum Gasteiger partial charge on any atom is -0.370 e. The smallest absolute Gasteiger partial charge is 0.172 e. The topological polar surface area (TPSA) is 57.0 Å². The van der Waals surface area contributed by atoms with Crippen LogP contribution in [0.3, 0.4) is 0 Å². The van der Waals surface area contributed by atoms with Crippen LogP contribution < -0.4 is 0 Å². The third-order valence-corrected chi connectivity index (χ3v) is 3.18. The zero-order valence-electron chi connectivity index (χ0n) is 9.06. The third-order valence-electron chi connectivity index (χ3n) is 3.18. The minimum atomic E-state index is -0.536. The first-order chi connectivity index (χ1) is 7.18. The molecule has 5 nitrogen and oxygen atoms in total. The second kappa shape index (κ2) is 3.73. The van der Waals surface area contributed by atoms with Crippen molar-refractivity contribution < 1.29 is 9.53 Å². The van der Waals surface area contributed by atoms with Crippen LogP contribution in [-0.4, -0.2) is 33.3 Å². The second-order valence-electron chi connectivity index (χ2n) is 3.95. The highest BCUT2D eigenvalue weighted by atomic mass is 16.5. The van der Waals surface area contributed by atoms with Gasteiger partial charge in [-0.3, -0.25) is 9.48 Å². The quantitative estimate of drug-likeness (QED) is 0.724. The number of hydrogen-bond donors (Lipinski definition) is 0. The number of carbonyl (C=O) groups excluding carboxylic acids is 1. The van der Waals surface area contributed by atoms with Crippen molar-refractivity contribution in [2.24, 2.45) is 7.05 Å². The number of aryl methyl sites for hydroxylation is 1. The van der Waals surface area contributed by atoms with Gasteiger partial charge in [-0.2, -0.15) is 5.10 Å². The van der Waals surface area contributed by atoms with Crippen molar-refractivity contribution in [3.63, 3.8) is 0 Å². The summed E-state index contributed by atoms with van der Waals surface area (Å²) in [7, 11) is 3.39. The number of aromatic nitrogens is 3. The van der Waals surface area contributed by atoms with Gasteiger partial charge in [-0.25, -0.2) is 4.98 Å². The average Bonchev–Trinajstić information content (AvgIpc) is 2.51. The predicted octanol–water partition coefficient (Wildman–Crippen LogP) is 0.496. The number of carbonyl (C=O) groups is 1. The molecule has 1 saturated carbocycles. The second-order valence-corrected chi connectivity index (χ2v) is 3.95. The Bertz CT molecular complexity index is 363. The normalized spacial score (nSPS) is 18.5. The van der Waals surface area contributed by atoms with E-state index in [-0.39, 0.29) is 5.78 Å². The molecule has 0 saturated heterocycles. The zero-order chi connectivity index (χ0) is 10.9. The Labute approximate surface area is 88.4 Å². The summed E-state index contributed by atoms with van der Waals surface area (Å²) in [4.78, 5) is 16.0. The largest absolute Gasteiger partial charge is 0.370 e. The monoisotopic (exact) mass is 209 g/mol. The number of rotatable bonds is 4. The third kappa shape index (κ3) is 1.67. The highest BCUT2D eigenvalue weighted by molar-refractivity contribution is 5.89. The molecule has 1 aliphatic carbocycles. The number of methoxy groups -OCH3 is 1. The van der Waals surface area contributed by atoms with E-state index in [2.05, 4.69) is 10.1 Å². The lowest BCUT2D eigenvalue weighted by molar-refractivity contribution is -0.151. The van der Waals surface area contributed by atoms with Gasteiger partial charge in [0.15, 0.2) is 5.78 Å². The van der Waals surface area contributed by atoms with Gasteiger partial charge in [0, 0.05) is 14.2 Å². The summed E-state index contributed by atoms with van der Waals surface area (Å²) in [5, 5.41) is 3.93. The molecule has 2 rings (SSSR count). The highest BCUT2D eigenvalue weighted by Gasteiger charge is 2.44. The molecule has 0 atom stereocenters. The fraction of sp³-hybridized carbons (Fsp3) is 0.700. The molecular weight excluding hydrogens is 194 g/mol. The maximum Gasteiger partial charge on any atom is 0.172 e. The molecule has 0 spiro atoms. The fourth-order valence-corrected chi connectivity index (χ4v) is 1.88. The Balaban J connectivity index is 2.07. The minimum absolute atomic E-state index is 0.118. The SMILES string of the molecule is COC1(C(=O)Cc2ncnn2C)CCC1. The Morgan fingerprint density at radius 2 is 2.40 bits per heavy atom. The van der Waals surface area contributed by atoms with Crippen LogP contribution in [0.5, 0.6) is 0 Å². The van der Waals surface area contributed by atoms with Crippen molar-refractivity contribution >= 4 is 5.78 Å². The van der Waals surface area contributed by atoms with E-state index >= 15 is 0 Å². The van der Waals surface area contributed by atoms with E-state index in [0.717, 1.165) is 19.3 Å². The molecule has 0 N–H and O–H groups in total. The molecule has 0 radical (unpaired) electrons. The van der Waals surface area contributed by atoms with Gasteiger partial charge in [0.05, 0.1) is 6.42 Å². The molecule has 1 heterocycles. The molecule has 0 aromatic carbocycles. The number of Topliss-reactive ketones (excluding diaryl/α,β-unsaturated/α-hetero) is 1. The summed E-state index contributed by atoms with van der Waals surface area (Å²) in [5.41, 5.74) is -0.536. The molecule has 1 aliphatic rings. The molecule has 15 heavy (non-hydrogen) atoms. The van der Waals surface area contributed by atoms with Crippen molar-refractivity contribution in [1.29, 1.82) is 0 Å². The first-order valence-corrected chi connectivity index (χ1v) is 5.09. The average molecular weight is 209 g/mol. The fourth-order valence-electron chi connectivity index (χ4n) is 1.88. The van der Waals surface area contributed by atoms with Gasteiger partial charge in [-0.1, -0.05) is 0 Å². The zero-order valence-corrected chi connectivity index (χ0v) is 9.06. The van der Waals surface area contributed by atoms with E-state index in [1.54, 1.807) is 18.8 Å². The Kier molecular flexibility index (Phi) is 2.56. The van der Waals surface area contributed by atoms with Gasteiger partial charge in [0.1, 0.15) is 17.8 Å². The van der Waals surface area contributed by atoms with Crippen molar-refractivity contribution in [2.45, 2.75) is 31.3 Å². The number of ether oxygens (including phenoxy) is 1. The van der Waals surface area contributed by atoms with Crippen molar-refractivity contribution in [3.05, 3.63) is 12.2 Å². The van der Waals surface area contributed by atoms with E-state index in [1.165, 1.54) is 6.33 Å². The van der Waals surface area contributed by atoms with Gasteiger partial charge < -0.3 is 4.74 Å². The van der Waals surface area contributed by atoms with E-state index in [1.807, 2.05) is 0 Å². The van der Waals surface area contributed by atoms with Crippen LogP contribution in [0.2, 0.25) is 0 Å².